The van der Waals surface area contributed by atoms with Crippen LogP contribution < -0.4 is 0 Å². The molecule has 0 saturated carbocycles. The lowest BCUT2D eigenvalue weighted by atomic mass is 9.67. The molecular weight excluding hydrogens is 1380 g/mol. The van der Waals surface area contributed by atoms with E-state index in [2.05, 4.69) is 231 Å². The molecule has 0 radical (unpaired) electrons. The predicted octanol–water partition coefficient (Wildman–Crippen LogP) is 24.1. The van der Waals surface area contributed by atoms with Crippen molar-refractivity contribution in [1.29, 1.82) is 10.5 Å². The maximum absolute atomic E-state index is 9.55. The summed E-state index contributed by atoms with van der Waals surface area (Å²) in [6, 6.07) is 132. The standard InChI is InChI=1S/C53H32N4S.C47H28N4S/c54-33-34-25-27-35(28-26-34)40-18-11-22-45-48(40)42-17-7-8-20-43(42)53(45)44-21-9-10-24-47(44)58-49-41(19-12-23-46(49)53)36-29-31-39(32-30-36)52-56-50(37-13-3-1-4-14-37)55-51(57-52)38-15-5-2-6-16-38;48-29-30-25-27-31(28-26-30)34-18-11-22-39-42(34)35-17-7-8-20-37(35)47(39)38-21-9-10-24-41(38)52-43-36(19-12-23-40(43)47)46-50-44(32-13-3-1-4-14-32)49-45(51-46)33-15-5-2-6-16-33/h1-32H;1-28H. The van der Waals surface area contributed by atoms with E-state index in [0.717, 1.165) is 60.5 Å². The van der Waals surface area contributed by atoms with Crippen molar-refractivity contribution in [2.24, 2.45) is 0 Å². The van der Waals surface area contributed by atoms with Gasteiger partial charge in [0, 0.05) is 53.0 Å². The smallest absolute Gasteiger partial charge is 0.165 e. The normalized spacial score (nSPS) is 14.7. The molecule has 21 rings (SSSR count). The summed E-state index contributed by atoms with van der Waals surface area (Å²) in [7, 11) is 0. The summed E-state index contributed by atoms with van der Waals surface area (Å²) in [5, 5.41) is 19.1. The molecule has 512 valence electrons. The third-order valence-corrected chi connectivity index (χ3v) is 24.2. The molecule has 0 saturated heterocycles. The number of benzene rings is 15. The van der Waals surface area contributed by atoms with Gasteiger partial charge in [0.15, 0.2) is 34.9 Å². The van der Waals surface area contributed by atoms with Crippen LogP contribution in [0.3, 0.4) is 0 Å². The van der Waals surface area contributed by atoms with Crippen molar-refractivity contribution in [2.75, 3.05) is 0 Å². The first kappa shape index (κ1) is 65.5. The highest BCUT2D eigenvalue weighted by molar-refractivity contribution is 8.00. The molecule has 0 bridgehead atoms. The number of rotatable bonds is 9. The molecule has 2 aliphatic carbocycles. The Bertz CT molecular complexity index is 6490. The SMILES string of the molecule is N#Cc1ccc(-c2cccc3c2-c2ccccc2C32c3ccccc3Sc3c(-c4ccc(-c5nc(-c6ccccc6)nc(-c6ccccc6)n5)cc4)cccc32)cc1.N#Cc1ccc(-c2cccc3c2-c2ccccc2C32c3ccccc3Sc3c(-c4nc(-c5ccccc5)nc(-c5ccccc5)n4)cccc32)cc1. The summed E-state index contributed by atoms with van der Waals surface area (Å²) in [6.45, 7) is 0. The van der Waals surface area contributed by atoms with Crippen molar-refractivity contribution >= 4 is 23.5 Å². The fourth-order valence-corrected chi connectivity index (χ4v) is 19.6. The summed E-state index contributed by atoms with van der Waals surface area (Å²) in [4.78, 5) is 35.0. The van der Waals surface area contributed by atoms with Crippen LogP contribution in [-0.2, 0) is 10.8 Å². The number of fused-ring (bicyclic) bond motifs is 18. The maximum atomic E-state index is 9.55. The van der Waals surface area contributed by atoms with E-state index in [-0.39, 0.29) is 0 Å². The molecule has 110 heavy (non-hydrogen) atoms. The van der Waals surface area contributed by atoms with Crippen LogP contribution in [-0.4, -0.2) is 29.9 Å². The summed E-state index contributed by atoms with van der Waals surface area (Å²) in [6.07, 6.45) is 0. The van der Waals surface area contributed by atoms with Crippen LogP contribution in [0.15, 0.2) is 384 Å². The first-order chi connectivity index (χ1) is 54.4. The molecular formula is C100H60N8S2. The summed E-state index contributed by atoms with van der Waals surface area (Å²) in [5.41, 5.74) is 27.7. The molecule has 4 aliphatic rings. The van der Waals surface area contributed by atoms with Gasteiger partial charge < -0.3 is 0 Å². The van der Waals surface area contributed by atoms with Crippen LogP contribution in [0.2, 0.25) is 0 Å². The molecule has 10 heteroatoms. The molecule has 2 atom stereocenters. The molecule has 2 spiro atoms. The Morgan fingerprint density at radius 1 is 0.200 bits per heavy atom. The Labute approximate surface area is 645 Å². The number of aromatic nitrogens is 6. The minimum Gasteiger partial charge on any atom is -0.208 e. The van der Waals surface area contributed by atoms with Crippen LogP contribution in [0.1, 0.15) is 55.6 Å². The van der Waals surface area contributed by atoms with E-state index in [9.17, 15) is 10.5 Å². The molecule has 8 nitrogen and oxygen atoms in total. The quantitative estimate of drug-likeness (QED) is 0.138. The Kier molecular flexibility index (Phi) is 16.1. The number of nitrogens with zero attached hydrogens (tertiary/aromatic N) is 8. The summed E-state index contributed by atoms with van der Waals surface area (Å²) >= 11 is 3.65. The Hall–Kier alpha value is -14.0. The van der Waals surface area contributed by atoms with Crippen molar-refractivity contribution in [2.45, 2.75) is 30.4 Å². The monoisotopic (exact) mass is 1440 g/mol. The van der Waals surface area contributed by atoms with E-state index < -0.39 is 10.8 Å². The third-order valence-electron chi connectivity index (χ3n) is 21.7. The molecule has 0 amide bonds. The Morgan fingerprint density at radius 2 is 0.464 bits per heavy atom. The second kappa shape index (κ2) is 27.1. The van der Waals surface area contributed by atoms with Crippen LogP contribution in [0.4, 0.5) is 0 Å². The topological polar surface area (TPSA) is 125 Å². The zero-order valence-corrected chi connectivity index (χ0v) is 60.7. The van der Waals surface area contributed by atoms with Gasteiger partial charge in [-0.3, -0.25) is 0 Å². The first-order valence-corrected chi connectivity index (χ1v) is 38.2. The molecule has 17 aromatic rings. The molecule has 15 aromatic carbocycles. The highest BCUT2D eigenvalue weighted by Gasteiger charge is 2.53. The van der Waals surface area contributed by atoms with Gasteiger partial charge in [-0.15, -0.1) is 0 Å². The van der Waals surface area contributed by atoms with Gasteiger partial charge in [0.25, 0.3) is 0 Å². The largest absolute Gasteiger partial charge is 0.208 e. The molecule has 4 heterocycles. The second-order valence-electron chi connectivity index (χ2n) is 27.6. The van der Waals surface area contributed by atoms with Crippen molar-refractivity contribution in [3.63, 3.8) is 0 Å². The minimum atomic E-state index is -0.584. The van der Waals surface area contributed by atoms with Gasteiger partial charge in [0.05, 0.1) is 34.1 Å². The summed E-state index contributed by atoms with van der Waals surface area (Å²) in [5.74, 6) is 3.84. The van der Waals surface area contributed by atoms with E-state index in [1.165, 1.54) is 92.6 Å². The highest BCUT2D eigenvalue weighted by Crippen LogP contribution is 2.66. The molecule has 2 aliphatic heterocycles. The van der Waals surface area contributed by atoms with Crippen LogP contribution in [0.25, 0.3) is 124 Å². The number of hydrogen-bond donors (Lipinski definition) is 0. The van der Waals surface area contributed by atoms with Crippen LogP contribution in [0, 0.1) is 22.7 Å². The van der Waals surface area contributed by atoms with Gasteiger partial charge in [-0.1, -0.05) is 351 Å². The van der Waals surface area contributed by atoms with E-state index in [1.807, 2.05) is 157 Å². The van der Waals surface area contributed by atoms with Crippen molar-refractivity contribution in [1.82, 2.24) is 29.9 Å². The van der Waals surface area contributed by atoms with E-state index in [4.69, 9.17) is 29.9 Å². The maximum Gasteiger partial charge on any atom is 0.165 e. The van der Waals surface area contributed by atoms with Gasteiger partial charge in [-0.05, 0) is 137 Å². The first-order valence-electron chi connectivity index (χ1n) is 36.6. The second-order valence-corrected chi connectivity index (χ2v) is 29.7. The summed E-state index contributed by atoms with van der Waals surface area (Å²) < 4.78 is 0. The third kappa shape index (κ3) is 10.7. The lowest BCUT2D eigenvalue weighted by Gasteiger charge is -2.40. The molecule has 2 unspecified atom stereocenters. The van der Waals surface area contributed by atoms with E-state index in [1.54, 1.807) is 11.8 Å². The van der Waals surface area contributed by atoms with Gasteiger partial charge in [-0.2, -0.15) is 10.5 Å². The zero-order valence-electron chi connectivity index (χ0n) is 59.0. The van der Waals surface area contributed by atoms with Gasteiger partial charge in [0.1, 0.15) is 0 Å². The van der Waals surface area contributed by atoms with Crippen LogP contribution >= 0.6 is 23.5 Å². The van der Waals surface area contributed by atoms with Crippen molar-refractivity contribution < 1.29 is 0 Å². The van der Waals surface area contributed by atoms with Gasteiger partial charge >= 0.3 is 0 Å². The van der Waals surface area contributed by atoms with E-state index in [0.29, 0.717) is 46.1 Å². The Balaban J connectivity index is 0.000000145. The van der Waals surface area contributed by atoms with E-state index >= 15 is 0 Å². The predicted molar refractivity (Wildman–Crippen MR) is 441 cm³/mol. The molecule has 0 fully saturated rings. The average molecular weight is 1440 g/mol. The zero-order chi connectivity index (χ0) is 73.3. The van der Waals surface area contributed by atoms with Gasteiger partial charge in [0.2, 0.25) is 0 Å². The number of hydrogen-bond acceptors (Lipinski definition) is 10. The molecule has 2 aromatic heterocycles. The van der Waals surface area contributed by atoms with Crippen LogP contribution in [0.5, 0.6) is 0 Å². The lowest BCUT2D eigenvalue weighted by molar-refractivity contribution is 0.723. The fourth-order valence-electron chi connectivity index (χ4n) is 16.9. The average Bonchev–Trinajstić information content (AvgIpc) is 1.27. The van der Waals surface area contributed by atoms with Crippen molar-refractivity contribution in [3.8, 4) is 136 Å². The van der Waals surface area contributed by atoms with Crippen molar-refractivity contribution in [3.05, 3.63) is 420 Å². The fraction of sp³-hybridized carbons (Fsp3) is 0.0200. The minimum absolute atomic E-state index is 0.534. The Morgan fingerprint density at radius 3 is 0.855 bits per heavy atom. The number of nitriles is 2. The lowest BCUT2D eigenvalue weighted by Crippen LogP contribution is -2.32. The highest BCUT2D eigenvalue weighted by atomic mass is 32.2. The van der Waals surface area contributed by atoms with Gasteiger partial charge in [-0.25, -0.2) is 29.9 Å². The molecule has 0 N–H and O–H groups in total.